The van der Waals surface area contributed by atoms with Crippen LogP contribution >= 0.6 is 0 Å². The minimum atomic E-state index is -0.425. The van der Waals surface area contributed by atoms with Gasteiger partial charge in [-0.2, -0.15) is 0 Å². The van der Waals surface area contributed by atoms with E-state index in [2.05, 4.69) is 0 Å². The number of nitrogens with two attached hydrogens (primary N) is 1. The average Bonchev–Trinajstić information content (AvgIpc) is 2.72. The highest BCUT2D eigenvalue weighted by Gasteiger charge is 2.34. The predicted octanol–water partition coefficient (Wildman–Crippen LogP) is 0.842. The number of rotatable bonds is 3. The molecule has 1 aliphatic heterocycles. The largest absolute Gasteiger partial charge is 0.497 e. The van der Waals surface area contributed by atoms with Gasteiger partial charge in [0.05, 0.1) is 18.7 Å². The Kier molecular flexibility index (Phi) is 3.23. The average molecular weight is 248 g/mol. The topological polar surface area (TPSA) is 72.6 Å². The molecule has 2 N–H and O–H groups in total. The molecule has 2 rings (SSSR count). The van der Waals surface area contributed by atoms with Crippen LogP contribution in [-0.4, -0.2) is 25.5 Å². The van der Waals surface area contributed by atoms with E-state index in [-0.39, 0.29) is 12.3 Å². The van der Waals surface area contributed by atoms with Crippen LogP contribution in [0.1, 0.15) is 12.0 Å². The van der Waals surface area contributed by atoms with Crippen molar-refractivity contribution in [2.45, 2.75) is 13.3 Å². The quantitative estimate of drug-likeness (QED) is 0.861. The molecule has 1 fully saturated rings. The van der Waals surface area contributed by atoms with Crippen molar-refractivity contribution in [2.24, 2.45) is 11.7 Å². The molecule has 1 aromatic rings. The lowest BCUT2D eigenvalue weighted by molar-refractivity contribution is -0.123. The highest BCUT2D eigenvalue weighted by molar-refractivity contribution is 6.00. The third-order valence-corrected chi connectivity index (χ3v) is 3.23. The van der Waals surface area contributed by atoms with Crippen LogP contribution in [-0.2, 0) is 9.59 Å². The number of aryl methyl sites for hydroxylation is 1. The second kappa shape index (κ2) is 4.68. The first kappa shape index (κ1) is 12.4. The van der Waals surface area contributed by atoms with Crippen molar-refractivity contribution < 1.29 is 14.3 Å². The van der Waals surface area contributed by atoms with Crippen molar-refractivity contribution in [3.63, 3.8) is 0 Å². The smallest absolute Gasteiger partial charge is 0.227 e. The van der Waals surface area contributed by atoms with E-state index in [0.717, 1.165) is 11.3 Å². The van der Waals surface area contributed by atoms with Crippen LogP contribution in [0.15, 0.2) is 18.2 Å². The summed E-state index contributed by atoms with van der Waals surface area (Å²) >= 11 is 0. The van der Waals surface area contributed by atoms with Crippen LogP contribution in [0.25, 0.3) is 0 Å². The number of anilines is 1. The fourth-order valence-electron chi connectivity index (χ4n) is 2.14. The molecule has 1 atom stereocenters. The maximum atomic E-state index is 11.9. The van der Waals surface area contributed by atoms with E-state index < -0.39 is 11.8 Å². The lowest BCUT2D eigenvalue weighted by atomic mass is 10.1. The zero-order valence-corrected chi connectivity index (χ0v) is 10.5. The van der Waals surface area contributed by atoms with Crippen LogP contribution in [0.2, 0.25) is 0 Å². The molecule has 1 heterocycles. The molecule has 0 spiro atoms. The second-order valence-electron chi connectivity index (χ2n) is 4.46. The lowest BCUT2D eigenvalue weighted by Gasteiger charge is -2.19. The highest BCUT2D eigenvalue weighted by atomic mass is 16.5. The number of nitrogens with zero attached hydrogens (tertiary/aromatic N) is 1. The third-order valence-electron chi connectivity index (χ3n) is 3.23. The third kappa shape index (κ3) is 2.16. The molecule has 1 aliphatic rings. The van der Waals surface area contributed by atoms with E-state index in [1.165, 1.54) is 0 Å². The van der Waals surface area contributed by atoms with Gasteiger partial charge in [-0.25, -0.2) is 0 Å². The Morgan fingerprint density at radius 3 is 2.78 bits per heavy atom. The molecule has 0 aromatic heterocycles. The summed E-state index contributed by atoms with van der Waals surface area (Å²) in [4.78, 5) is 24.7. The van der Waals surface area contributed by atoms with Gasteiger partial charge in [0.15, 0.2) is 0 Å². The van der Waals surface area contributed by atoms with Gasteiger partial charge >= 0.3 is 0 Å². The van der Waals surface area contributed by atoms with Crippen molar-refractivity contribution >= 4 is 17.5 Å². The second-order valence-corrected chi connectivity index (χ2v) is 4.46. The number of amides is 2. The van der Waals surface area contributed by atoms with Crippen LogP contribution in [0, 0.1) is 12.8 Å². The molecule has 5 nitrogen and oxygen atoms in total. The number of ether oxygens (including phenoxy) is 1. The lowest BCUT2D eigenvalue weighted by Crippen LogP contribution is -2.28. The van der Waals surface area contributed by atoms with E-state index >= 15 is 0 Å². The fraction of sp³-hybridized carbons (Fsp3) is 0.385. The van der Waals surface area contributed by atoms with Gasteiger partial charge < -0.3 is 15.4 Å². The number of hydrogen-bond acceptors (Lipinski definition) is 3. The number of hydrogen-bond donors (Lipinski definition) is 1. The van der Waals surface area contributed by atoms with Crippen LogP contribution in [0.5, 0.6) is 5.75 Å². The van der Waals surface area contributed by atoms with E-state index in [9.17, 15) is 9.59 Å². The first-order valence-electron chi connectivity index (χ1n) is 5.77. The van der Waals surface area contributed by atoms with Gasteiger partial charge in [-0.05, 0) is 18.6 Å². The zero-order valence-electron chi connectivity index (χ0n) is 10.5. The van der Waals surface area contributed by atoms with Crippen LogP contribution in [0.4, 0.5) is 5.69 Å². The Labute approximate surface area is 106 Å². The number of methoxy groups -OCH3 is 1. The molecule has 96 valence electrons. The Hall–Kier alpha value is -2.04. The van der Waals surface area contributed by atoms with Gasteiger partial charge in [0.1, 0.15) is 5.75 Å². The molecular formula is C13H16N2O3. The SMILES string of the molecule is COc1ccc(C)c(N2CC(C(N)=O)CC2=O)c1. The summed E-state index contributed by atoms with van der Waals surface area (Å²) in [7, 11) is 1.58. The van der Waals surface area contributed by atoms with Gasteiger partial charge in [-0.3, -0.25) is 9.59 Å². The highest BCUT2D eigenvalue weighted by Crippen LogP contribution is 2.30. The van der Waals surface area contributed by atoms with E-state index in [1.807, 2.05) is 19.1 Å². The molecule has 0 radical (unpaired) electrons. The molecule has 1 aromatic carbocycles. The molecular weight excluding hydrogens is 232 g/mol. The molecule has 0 bridgehead atoms. The summed E-state index contributed by atoms with van der Waals surface area (Å²) in [5.41, 5.74) is 7.00. The summed E-state index contributed by atoms with van der Waals surface area (Å²) in [6.07, 6.45) is 0.186. The molecule has 0 aliphatic carbocycles. The maximum Gasteiger partial charge on any atom is 0.227 e. The number of carbonyl (C=O) groups is 2. The number of primary amides is 1. The van der Waals surface area contributed by atoms with Gasteiger partial charge in [0.2, 0.25) is 11.8 Å². The summed E-state index contributed by atoms with van der Waals surface area (Å²) in [6, 6.07) is 5.53. The monoisotopic (exact) mass is 248 g/mol. The minimum Gasteiger partial charge on any atom is -0.497 e. The molecule has 1 unspecified atom stereocenters. The van der Waals surface area contributed by atoms with Crippen LogP contribution in [0.3, 0.4) is 0 Å². The Morgan fingerprint density at radius 2 is 2.22 bits per heavy atom. The zero-order chi connectivity index (χ0) is 13.3. The molecule has 0 saturated carbocycles. The summed E-state index contributed by atoms with van der Waals surface area (Å²) in [5, 5.41) is 0. The normalized spacial score (nSPS) is 19.1. The van der Waals surface area contributed by atoms with Crippen molar-refractivity contribution in [1.82, 2.24) is 0 Å². The Bertz CT molecular complexity index is 499. The van der Waals surface area contributed by atoms with Crippen molar-refractivity contribution in [3.05, 3.63) is 23.8 Å². The number of benzene rings is 1. The number of carbonyl (C=O) groups excluding carboxylic acids is 2. The molecule has 2 amide bonds. The van der Waals surface area contributed by atoms with Gasteiger partial charge in [0, 0.05) is 19.0 Å². The van der Waals surface area contributed by atoms with E-state index in [4.69, 9.17) is 10.5 Å². The van der Waals surface area contributed by atoms with Crippen molar-refractivity contribution in [3.8, 4) is 5.75 Å². The first-order valence-corrected chi connectivity index (χ1v) is 5.77. The van der Waals surface area contributed by atoms with Gasteiger partial charge in [-0.1, -0.05) is 6.07 Å². The van der Waals surface area contributed by atoms with Crippen molar-refractivity contribution in [1.29, 1.82) is 0 Å². The van der Waals surface area contributed by atoms with Crippen LogP contribution < -0.4 is 15.4 Å². The van der Waals surface area contributed by atoms with Gasteiger partial charge in [-0.15, -0.1) is 0 Å². The van der Waals surface area contributed by atoms with Gasteiger partial charge in [0.25, 0.3) is 0 Å². The molecule has 1 saturated heterocycles. The standard InChI is InChI=1S/C13H16N2O3/c1-8-3-4-10(18-2)6-11(8)15-7-9(13(14)17)5-12(15)16/h3-4,6,9H,5,7H2,1-2H3,(H2,14,17). The van der Waals surface area contributed by atoms with E-state index in [0.29, 0.717) is 12.3 Å². The van der Waals surface area contributed by atoms with E-state index in [1.54, 1.807) is 18.1 Å². The summed E-state index contributed by atoms with van der Waals surface area (Å²) < 4.78 is 5.15. The maximum absolute atomic E-state index is 11.9. The Balaban J connectivity index is 2.32. The molecule has 18 heavy (non-hydrogen) atoms. The van der Waals surface area contributed by atoms with Crippen molar-refractivity contribution in [2.75, 3.05) is 18.6 Å². The Morgan fingerprint density at radius 1 is 1.50 bits per heavy atom. The summed E-state index contributed by atoms with van der Waals surface area (Å²) in [5.74, 6) is -0.212. The predicted molar refractivity (Wildman–Crippen MR) is 67.4 cm³/mol. The first-order chi connectivity index (χ1) is 8.52. The fourth-order valence-corrected chi connectivity index (χ4v) is 2.14. The molecule has 5 heteroatoms. The summed E-state index contributed by atoms with van der Waals surface area (Å²) in [6.45, 7) is 2.27. The minimum absolute atomic E-state index is 0.0739.